The monoisotopic (exact) mass is 244 g/mol. The van der Waals surface area contributed by atoms with Crippen LogP contribution in [0.2, 0.25) is 0 Å². The van der Waals surface area contributed by atoms with E-state index in [2.05, 4.69) is 6.92 Å². The molecule has 0 aliphatic carbocycles. The Labute approximate surface area is 105 Å². The van der Waals surface area contributed by atoms with Crippen molar-refractivity contribution in [2.45, 2.75) is 70.8 Å². The predicted molar refractivity (Wildman–Crippen MR) is 74.0 cm³/mol. The molecule has 1 fully saturated rings. The van der Waals surface area contributed by atoms with E-state index in [4.69, 9.17) is 0 Å². The lowest BCUT2D eigenvalue weighted by molar-refractivity contribution is 0.108. The molecule has 0 aromatic rings. The molecule has 0 bridgehead atoms. The minimum Gasteiger partial charge on any atom is -0.393 e. The minimum absolute atomic E-state index is 0.00866. The topological polar surface area (TPSA) is 20.2 Å². The van der Waals surface area contributed by atoms with Gasteiger partial charge in [0.25, 0.3) is 0 Å². The van der Waals surface area contributed by atoms with Crippen LogP contribution in [0.25, 0.3) is 0 Å². The summed E-state index contributed by atoms with van der Waals surface area (Å²) in [6.07, 6.45) is 11.7. The first-order chi connectivity index (χ1) is 7.84. The maximum Gasteiger partial charge on any atom is 0.0576 e. The lowest BCUT2D eigenvalue weighted by Gasteiger charge is -2.16. The van der Waals surface area contributed by atoms with Gasteiger partial charge in [-0.1, -0.05) is 51.9 Å². The second-order valence-corrected chi connectivity index (χ2v) is 6.25. The van der Waals surface area contributed by atoms with E-state index in [1.807, 2.05) is 11.8 Å². The zero-order valence-corrected chi connectivity index (χ0v) is 11.6. The highest BCUT2D eigenvalue weighted by Gasteiger charge is 2.22. The Balaban J connectivity index is 1.86. The molecule has 1 rings (SSSR count). The molecule has 2 unspecified atom stereocenters. The molecule has 1 aliphatic heterocycles. The van der Waals surface area contributed by atoms with Gasteiger partial charge in [-0.2, -0.15) is 11.8 Å². The summed E-state index contributed by atoms with van der Waals surface area (Å²) in [5, 5.41) is 9.98. The van der Waals surface area contributed by atoms with Gasteiger partial charge in [0.2, 0.25) is 0 Å². The van der Waals surface area contributed by atoms with Crippen LogP contribution in [-0.4, -0.2) is 22.7 Å². The lowest BCUT2D eigenvalue weighted by atomic mass is 9.96. The molecule has 1 nitrogen and oxygen atoms in total. The van der Waals surface area contributed by atoms with Crippen LogP contribution in [0.5, 0.6) is 0 Å². The van der Waals surface area contributed by atoms with Crippen LogP contribution in [0.4, 0.5) is 0 Å². The van der Waals surface area contributed by atoms with E-state index in [9.17, 15) is 5.11 Å². The molecule has 0 spiro atoms. The van der Waals surface area contributed by atoms with Gasteiger partial charge in [-0.05, 0) is 30.3 Å². The molecule has 1 saturated heterocycles. The van der Waals surface area contributed by atoms with Crippen LogP contribution in [0, 0.1) is 5.92 Å². The average molecular weight is 244 g/mol. The molecule has 0 saturated carbocycles. The van der Waals surface area contributed by atoms with Crippen molar-refractivity contribution in [2.75, 3.05) is 11.5 Å². The standard InChI is InChI=1S/C14H28OS/c1-2-3-4-5-6-7-8-9-14(15)13-10-11-16-12-13/h13-15H,2-12H2,1H3. The lowest BCUT2D eigenvalue weighted by Crippen LogP contribution is -2.19. The molecule has 2 heteroatoms. The van der Waals surface area contributed by atoms with Crippen molar-refractivity contribution in [3.63, 3.8) is 0 Å². The van der Waals surface area contributed by atoms with Crippen molar-refractivity contribution in [3.05, 3.63) is 0 Å². The highest BCUT2D eigenvalue weighted by molar-refractivity contribution is 7.99. The van der Waals surface area contributed by atoms with Gasteiger partial charge in [0.1, 0.15) is 0 Å². The summed E-state index contributed by atoms with van der Waals surface area (Å²) in [4.78, 5) is 0. The van der Waals surface area contributed by atoms with Crippen molar-refractivity contribution >= 4 is 11.8 Å². The summed E-state index contributed by atoms with van der Waals surface area (Å²) >= 11 is 2.00. The van der Waals surface area contributed by atoms with Crippen LogP contribution in [0.15, 0.2) is 0 Å². The third-order valence-corrected chi connectivity index (χ3v) is 4.80. The fourth-order valence-electron chi connectivity index (χ4n) is 2.40. The molecular formula is C14H28OS. The third-order valence-electron chi connectivity index (χ3n) is 3.61. The molecule has 16 heavy (non-hydrogen) atoms. The molecule has 2 atom stereocenters. The molecule has 0 aromatic carbocycles. The zero-order chi connectivity index (χ0) is 11.6. The Morgan fingerprint density at radius 3 is 2.44 bits per heavy atom. The van der Waals surface area contributed by atoms with Crippen molar-refractivity contribution in [1.82, 2.24) is 0 Å². The third kappa shape index (κ3) is 6.15. The Hall–Kier alpha value is 0.310. The smallest absolute Gasteiger partial charge is 0.0576 e. The first kappa shape index (κ1) is 14.4. The predicted octanol–water partition coefficient (Wildman–Crippen LogP) is 4.24. The van der Waals surface area contributed by atoms with Gasteiger partial charge < -0.3 is 5.11 Å². The van der Waals surface area contributed by atoms with E-state index in [1.54, 1.807) is 0 Å². The molecule has 1 aliphatic rings. The second-order valence-electron chi connectivity index (χ2n) is 5.10. The van der Waals surface area contributed by atoms with Crippen LogP contribution in [0.1, 0.15) is 64.7 Å². The summed E-state index contributed by atoms with van der Waals surface area (Å²) in [5.41, 5.74) is 0. The first-order valence-electron chi connectivity index (χ1n) is 7.10. The van der Waals surface area contributed by atoms with Gasteiger partial charge in [-0.15, -0.1) is 0 Å². The fourth-order valence-corrected chi connectivity index (χ4v) is 3.73. The van der Waals surface area contributed by atoms with Gasteiger partial charge in [0.05, 0.1) is 6.10 Å². The van der Waals surface area contributed by atoms with Crippen LogP contribution in [0.3, 0.4) is 0 Å². The minimum atomic E-state index is -0.00866. The zero-order valence-electron chi connectivity index (χ0n) is 10.8. The van der Waals surface area contributed by atoms with Crippen LogP contribution in [-0.2, 0) is 0 Å². The number of aliphatic hydroxyl groups excluding tert-OH is 1. The van der Waals surface area contributed by atoms with E-state index in [0.29, 0.717) is 5.92 Å². The van der Waals surface area contributed by atoms with Gasteiger partial charge in [0, 0.05) is 0 Å². The van der Waals surface area contributed by atoms with E-state index in [-0.39, 0.29) is 6.10 Å². The van der Waals surface area contributed by atoms with Gasteiger partial charge >= 0.3 is 0 Å². The van der Waals surface area contributed by atoms with Crippen LogP contribution < -0.4 is 0 Å². The Bertz CT molecular complexity index is 155. The van der Waals surface area contributed by atoms with E-state index < -0.39 is 0 Å². The summed E-state index contributed by atoms with van der Waals surface area (Å²) in [6, 6.07) is 0. The molecule has 96 valence electrons. The molecule has 0 aromatic heterocycles. The number of aliphatic hydroxyl groups is 1. The van der Waals surface area contributed by atoms with Crippen molar-refractivity contribution in [2.24, 2.45) is 5.92 Å². The molecule has 1 heterocycles. The maximum absolute atomic E-state index is 9.98. The Morgan fingerprint density at radius 2 is 1.81 bits per heavy atom. The summed E-state index contributed by atoms with van der Waals surface area (Å²) in [7, 11) is 0. The fraction of sp³-hybridized carbons (Fsp3) is 1.00. The molecule has 0 radical (unpaired) electrons. The first-order valence-corrected chi connectivity index (χ1v) is 8.26. The highest BCUT2D eigenvalue weighted by Crippen LogP contribution is 2.28. The van der Waals surface area contributed by atoms with Gasteiger partial charge in [-0.25, -0.2) is 0 Å². The number of rotatable bonds is 9. The Morgan fingerprint density at radius 1 is 1.12 bits per heavy atom. The van der Waals surface area contributed by atoms with E-state index in [0.717, 1.165) is 6.42 Å². The van der Waals surface area contributed by atoms with Crippen molar-refractivity contribution in [3.8, 4) is 0 Å². The summed E-state index contributed by atoms with van der Waals surface area (Å²) < 4.78 is 0. The largest absolute Gasteiger partial charge is 0.393 e. The molecular weight excluding hydrogens is 216 g/mol. The van der Waals surface area contributed by atoms with Crippen LogP contribution >= 0.6 is 11.8 Å². The number of hydrogen-bond donors (Lipinski definition) is 1. The average Bonchev–Trinajstić information content (AvgIpc) is 2.81. The molecule has 1 N–H and O–H groups in total. The van der Waals surface area contributed by atoms with Gasteiger partial charge in [-0.3, -0.25) is 0 Å². The number of unbranched alkanes of at least 4 members (excludes halogenated alkanes) is 6. The van der Waals surface area contributed by atoms with Crippen molar-refractivity contribution < 1.29 is 5.11 Å². The van der Waals surface area contributed by atoms with Crippen molar-refractivity contribution in [1.29, 1.82) is 0 Å². The Kier molecular flexibility index (Phi) is 8.40. The quantitative estimate of drug-likeness (QED) is 0.612. The van der Waals surface area contributed by atoms with Gasteiger partial charge in [0.15, 0.2) is 0 Å². The number of hydrogen-bond acceptors (Lipinski definition) is 2. The second kappa shape index (κ2) is 9.35. The number of thioether (sulfide) groups is 1. The summed E-state index contributed by atoms with van der Waals surface area (Å²) in [5.74, 6) is 3.06. The molecule has 0 amide bonds. The highest BCUT2D eigenvalue weighted by atomic mass is 32.2. The van der Waals surface area contributed by atoms with E-state index >= 15 is 0 Å². The normalized spacial score (nSPS) is 22.5. The SMILES string of the molecule is CCCCCCCCCC(O)C1CCSC1. The van der Waals surface area contributed by atoms with E-state index in [1.165, 1.54) is 62.9 Å². The summed E-state index contributed by atoms with van der Waals surface area (Å²) in [6.45, 7) is 2.26. The maximum atomic E-state index is 9.98.